The first kappa shape index (κ1) is 13.7. The van der Waals surface area contributed by atoms with Gasteiger partial charge in [-0.2, -0.15) is 11.8 Å². The Bertz CT molecular complexity index is 502. The molecule has 0 aromatic carbocycles. The third-order valence-electron chi connectivity index (χ3n) is 3.82. The van der Waals surface area contributed by atoms with Crippen LogP contribution in [0.1, 0.15) is 29.6 Å². The smallest absolute Gasteiger partial charge is 0.339 e. The molecule has 1 spiro atoms. The number of hydrogen-bond acceptors (Lipinski definition) is 5. The van der Waals surface area contributed by atoms with E-state index in [1.165, 1.54) is 18.5 Å². The summed E-state index contributed by atoms with van der Waals surface area (Å²) in [6.07, 6.45) is 5.62. The van der Waals surface area contributed by atoms with Crippen molar-refractivity contribution in [2.24, 2.45) is 0 Å². The van der Waals surface area contributed by atoms with E-state index in [0.29, 0.717) is 12.4 Å². The molecule has 0 saturated carbocycles. The summed E-state index contributed by atoms with van der Waals surface area (Å²) in [4.78, 5) is 15.1. The number of rotatable bonds is 3. The zero-order chi connectivity index (χ0) is 14.0. The van der Waals surface area contributed by atoms with Crippen molar-refractivity contribution >= 4 is 17.7 Å². The van der Waals surface area contributed by atoms with E-state index in [9.17, 15) is 4.79 Å². The fraction of sp³-hybridized carbons (Fsp3) is 0.571. The van der Waals surface area contributed by atoms with Crippen molar-refractivity contribution in [1.82, 2.24) is 4.98 Å². The summed E-state index contributed by atoms with van der Waals surface area (Å²) >= 11 is 1.91. The maximum Gasteiger partial charge on any atom is 0.339 e. The largest absolute Gasteiger partial charge is 0.488 e. The van der Waals surface area contributed by atoms with Gasteiger partial charge in [0.15, 0.2) is 5.75 Å². The molecule has 0 amide bonds. The molecule has 2 fully saturated rings. The quantitative estimate of drug-likeness (QED) is 0.922. The van der Waals surface area contributed by atoms with Crippen LogP contribution in [0.15, 0.2) is 18.5 Å². The van der Waals surface area contributed by atoms with E-state index in [0.717, 1.165) is 30.8 Å². The second-order valence-electron chi connectivity index (χ2n) is 5.24. The summed E-state index contributed by atoms with van der Waals surface area (Å²) in [7, 11) is 0. The molecular formula is C14H17NO4S. The topological polar surface area (TPSA) is 68.7 Å². The fourth-order valence-electron chi connectivity index (χ4n) is 2.78. The van der Waals surface area contributed by atoms with Crippen molar-refractivity contribution in [2.75, 3.05) is 18.1 Å². The number of nitrogens with zero attached hydrogens (tertiary/aromatic N) is 1. The highest BCUT2D eigenvalue weighted by atomic mass is 32.2. The number of pyridine rings is 1. The Balaban J connectivity index is 1.73. The third-order valence-corrected chi connectivity index (χ3v) is 5.05. The summed E-state index contributed by atoms with van der Waals surface area (Å²) in [6.45, 7) is 0.674. The van der Waals surface area contributed by atoms with Crippen LogP contribution >= 0.6 is 11.8 Å². The normalized spacial score (nSPS) is 29.5. The van der Waals surface area contributed by atoms with Gasteiger partial charge in [-0.15, -0.1) is 0 Å². The van der Waals surface area contributed by atoms with Crippen LogP contribution in [0.2, 0.25) is 0 Å². The maximum absolute atomic E-state index is 11.2. The number of aromatic carboxylic acids is 1. The Labute approximate surface area is 121 Å². The molecule has 2 saturated heterocycles. The van der Waals surface area contributed by atoms with Crippen molar-refractivity contribution in [3.63, 3.8) is 0 Å². The lowest BCUT2D eigenvalue weighted by molar-refractivity contribution is -0.0960. The molecule has 6 heteroatoms. The summed E-state index contributed by atoms with van der Waals surface area (Å²) in [6, 6.07) is 1.47. The molecule has 1 N–H and O–H groups in total. The predicted octanol–water partition coefficient (Wildman–Crippen LogP) is 2.21. The van der Waals surface area contributed by atoms with Crippen molar-refractivity contribution in [1.29, 1.82) is 0 Å². The van der Waals surface area contributed by atoms with E-state index >= 15 is 0 Å². The van der Waals surface area contributed by atoms with Crippen molar-refractivity contribution in [3.05, 3.63) is 24.0 Å². The first-order valence-electron chi connectivity index (χ1n) is 6.74. The van der Waals surface area contributed by atoms with Crippen LogP contribution in [-0.2, 0) is 4.74 Å². The zero-order valence-corrected chi connectivity index (χ0v) is 11.9. The monoisotopic (exact) mass is 295 g/mol. The van der Waals surface area contributed by atoms with Gasteiger partial charge in [-0.25, -0.2) is 4.79 Å². The lowest BCUT2D eigenvalue weighted by Crippen LogP contribution is -2.44. The van der Waals surface area contributed by atoms with Crippen LogP contribution in [-0.4, -0.2) is 45.9 Å². The van der Waals surface area contributed by atoms with Crippen LogP contribution in [0.4, 0.5) is 0 Å². The minimum Gasteiger partial charge on any atom is -0.488 e. The number of carboxylic acids is 1. The van der Waals surface area contributed by atoms with Gasteiger partial charge in [0.1, 0.15) is 11.7 Å². The molecule has 0 bridgehead atoms. The molecule has 20 heavy (non-hydrogen) atoms. The van der Waals surface area contributed by atoms with Crippen molar-refractivity contribution < 1.29 is 19.4 Å². The maximum atomic E-state index is 11.2. The molecule has 2 atom stereocenters. The average Bonchev–Trinajstić information content (AvgIpc) is 2.87. The molecule has 108 valence electrons. The van der Waals surface area contributed by atoms with Gasteiger partial charge in [-0.1, -0.05) is 0 Å². The summed E-state index contributed by atoms with van der Waals surface area (Å²) in [5.74, 6) is 1.50. The number of carbonyl (C=O) groups is 1. The van der Waals surface area contributed by atoms with E-state index in [2.05, 4.69) is 4.98 Å². The minimum absolute atomic E-state index is 0.00440. The second kappa shape index (κ2) is 5.61. The predicted molar refractivity (Wildman–Crippen MR) is 75.5 cm³/mol. The van der Waals surface area contributed by atoms with Crippen LogP contribution in [0.5, 0.6) is 5.75 Å². The highest BCUT2D eigenvalue weighted by molar-refractivity contribution is 7.99. The molecule has 2 unspecified atom stereocenters. The Morgan fingerprint density at radius 2 is 2.50 bits per heavy atom. The number of carboxylic acid groups (broad SMARTS) is 1. The van der Waals surface area contributed by atoms with Crippen LogP contribution in [0, 0.1) is 0 Å². The van der Waals surface area contributed by atoms with Gasteiger partial charge in [-0.05, 0) is 18.2 Å². The third kappa shape index (κ3) is 2.76. The Morgan fingerprint density at radius 1 is 1.60 bits per heavy atom. The minimum atomic E-state index is -0.986. The lowest BCUT2D eigenvalue weighted by atomic mass is 9.91. The molecule has 0 radical (unpaired) electrons. The molecule has 1 aromatic heterocycles. The van der Waals surface area contributed by atoms with E-state index < -0.39 is 5.97 Å². The number of hydrogen-bond donors (Lipinski definition) is 1. The first-order valence-corrected chi connectivity index (χ1v) is 7.90. The molecule has 0 aliphatic carbocycles. The molecule has 2 aliphatic rings. The number of aromatic nitrogens is 1. The van der Waals surface area contributed by atoms with Crippen LogP contribution in [0.3, 0.4) is 0 Å². The lowest BCUT2D eigenvalue weighted by Gasteiger charge is -2.37. The first-order chi connectivity index (χ1) is 9.69. The molecule has 5 nitrogen and oxygen atoms in total. The molecule has 3 heterocycles. The van der Waals surface area contributed by atoms with Gasteiger partial charge >= 0.3 is 5.97 Å². The van der Waals surface area contributed by atoms with Crippen LogP contribution in [0.25, 0.3) is 0 Å². The highest BCUT2D eigenvalue weighted by Crippen LogP contribution is 2.39. The standard InChI is InChI=1S/C14H17NO4S/c16-13(17)11-1-4-15-8-12(11)19-10-2-5-18-14(7-10)3-6-20-9-14/h1,4,8,10H,2-3,5-7,9H2,(H,16,17). The number of thioether (sulfide) groups is 1. The van der Waals surface area contributed by atoms with Crippen molar-refractivity contribution in [3.8, 4) is 5.75 Å². The van der Waals surface area contributed by atoms with Gasteiger partial charge < -0.3 is 14.6 Å². The summed E-state index contributed by atoms with van der Waals surface area (Å²) < 4.78 is 11.8. The summed E-state index contributed by atoms with van der Waals surface area (Å²) in [5.41, 5.74) is 0.0976. The Hall–Kier alpha value is -1.27. The number of ether oxygens (including phenoxy) is 2. The van der Waals surface area contributed by atoms with Gasteiger partial charge in [0.25, 0.3) is 0 Å². The second-order valence-corrected chi connectivity index (χ2v) is 6.35. The van der Waals surface area contributed by atoms with E-state index in [4.69, 9.17) is 14.6 Å². The zero-order valence-electron chi connectivity index (χ0n) is 11.1. The SMILES string of the molecule is O=C(O)c1ccncc1OC1CCOC2(CCSC2)C1. The van der Waals surface area contributed by atoms with Gasteiger partial charge in [-0.3, -0.25) is 4.98 Å². The highest BCUT2D eigenvalue weighted by Gasteiger charge is 2.41. The van der Waals surface area contributed by atoms with Crippen LogP contribution < -0.4 is 4.74 Å². The molecule has 1 aromatic rings. The van der Waals surface area contributed by atoms with E-state index in [1.807, 2.05) is 11.8 Å². The Kier molecular flexibility index (Phi) is 3.85. The van der Waals surface area contributed by atoms with E-state index in [1.54, 1.807) is 0 Å². The Morgan fingerprint density at radius 3 is 3.25 bits per heavy atom. The average molecular weight is 295 g/mol. The van der Waals surface area contributed by atoms with Gasteiger partial charge in [0.05, 0.1) is 18.4 Å². The van der Waals surface area contributed by atoms with E-state index in [-0.39, 0.29) is 17.3 Å². The molecule has 2 aliphatic heterocycles. The molecular weight excluding hydrogens is 278 g/mol. The van der Waals surface area contributed by atoms with Crippen molar-refractivity contribution in [2.45, 2.75) is 31.0 Å². The molecule has 3 rings (SSSR count). The van der Waals surface area contributed by atoms with Gasteiger partial charge in [0.2, 0.25) is 0 Å². The van der Waals surface area contributed by atoms with Gasteiger partial charge in [0, 0.05) is 24.8 Å². The summed E-state index contributed by atoms with van der Waals surface area (Å²) in [5, 5.41) is 9.16. The fourth-order valence-corrected chi connectivity index (χ4v) is 4.16.